The summed E-state index contributed by atoms with van der Waals surface area (Å²) in [6.45, 7) is 1.23. The molecule has 4 rings (SSSR count). The van der Waals surface area contributed by atoms with E-state index in [4.69, 9.17) is 0 Å². The SMILES string of the molecule is c1cn(CC2CC3CC2C2CC32)cn1. The van der Waals surface area contributed by atoms with Gasteiger partial charge in [0.2, 0.25) is 0 Å². The lowest BCUT2D eigenvalue weighted by atomic mass is 9.88. The normalized spacial score (nSPS) is 48.1. The van der Waals surface area contributed by atoms with Crippen LogP contribution in [0, 0.1) is 29.6 Å². The second-order valence-electron chi connectivity index (χ2n) is 5.48. The summed E-state index contributed by atoms with van der Waals surface area (Å²) in [7, 11) is 0. The molecule has 0 saturated heterocycles. The Labute approximate surface area is 84.3 Å². The van der Waals surface area contributed by atoms with Crippen molar-refractivity contribution >= 4 is 0 Å². The predicted molar refractivity (Wildman–Crippen MR) is 53.5 cm³/mol. The van der Waals surface area contributed by atoms with Crippen LogP contribution in [0.5, 0.6) is 0 Å². The Morgan fingerprint density at radius 2 is 2.14 bits per heavy atom. The van der Waals surface area contributed by atoms with Crippen molar-refractivity contribution in [3.63, 3.8) is 0 Å². The summed E-state index contributed by atoms with van der Waals surface area (Å²) in [4.78, 5) is 4.12. The third-order valence-corrected chi connectivity index (χ3v) is 4.84. The summed E-state index contributed by atoms with van der Waals surface area (Å²) >= 11 is 0. The van der Waals surface area contributed by atoms with Crippen molar-refractivity contribution in [1.82, 2.24) is 9.55 Å². The van der Waals surface area contributed by atoms with Crippen LogP contribution in [0.2, 0.25) is 0 Å². The van der Waals surface area contributed by atoms with Crippen LogP contribution >= 0.6 is 0 Å². The summed E-state index contributed by atoms with van der Waals surface area (Å²) in [5.41, 5.74) is 0. The van der Waals surface area contributed by atoms with Crippen molar-refractivity contribution < 1.29 is 0 Å². The lowest BCUT2D eigenvalue weighted by Gasteiger charge is -2.21. The van der Waals surface area contributed by atoms with Crippen molar-refractivity contribution in [2.45, 2.75) is 25.8 Å². The van der Waals surface area contributed by atoms with Gasteiger partial charge >= 0.3 is 0 Å². The molecule has 5 unspecified atom stereocenters. The number of hydrogen-bond acceptors (Lipinski definition) is 1. The lowest BCUT2D eigenvalue weighted by molar-refractivity contribution is 0.281. The standard InChI is InChI=1S/C12H16N2/c1-2-14(7-13-1)6-9-3-8-4-10(9)12-5-11(8)12/h1-2,7-12H,3-6H2. The van der Waals surface area contributed by atoms with E-state index in [1.54, 1.807) is 12.8 Å². The number of fused-ring (bicyclic) bond motifs is 5. The summed E-state index contributed by atoms with van der Waals surface area (Å²) in [5.74, 6) is 5.46. The molecule has 2 nitrogen and oxygen atoms in total. The molecule has 0 spiro atoms. The van der Waals surface area contributed by atoms with Crippen LogP contribution in [0.25, 0.3) is 0 Å². The molecule has 0 radical (unpaired) electrons. The van der Waals surface area contributed by atoms with Crippen LogP contribution in [0.1, 0.15) is 19.3 Å². The van der Waals surface area contributed by atoms with E-state index < -0.39 is 0 Å². The quantitative estimate of drug-likeness (QED) is 0.695. The van der Waals surface area contributed by atoms with Gasteiger partial charge in [-0.3, -0.25) is 0 Å². The van der Waals surface area contributed by atoms with Crippen LogP contribution in [0.4, 0.5) is 0 Å². The molecule has 1 heterocycles. The molecule has 2 bridgehead atoms. The minimum Gasteiger partial charge on any atom is -0.337 e. The Morgan fingerprint density at radius 3 is 2.86 bits per heavy atom. The lowest BCUT2D eigenvalue weighted by Crippen LogP contribution is -2.18. The highest BCUT2D eigenvalue weighted by molar-refractivity contribution is 5.09. The van der Waals surface area contributed by atoms with E-state index in [1.807, 2.05) is 12.5 Å². The highest BCUT2D eigenvalue weighted by atomic mass is 15.0. The van der Waals surface area contributed by atoms with E-state index in [0.717, 1.165) is 23.7 Å². The van der Waals surface area contributed by atoms with Crippen LogP contribution in [-0.2, 0) is 6.54 Å². The number of nitrogens with zero attached hydrogens (tertiary/aromatic N) is 2. The molecule has 3 aliphatic carbocycles. The van der Waals surface area contributed by atoms with E-state index >= 15 is 0 Å². The van der Waals surface area contributed by atoms with Gasteiger partial charge in [-0.2, -0.15) is 0 Å². The minimum absolute atomic E-state index is 0.970. The first kappa shape index (κ1) is 7.49. The molecule has 74 valence electrons. The van der Waals surface area contributed by atoms with E-state index in [1.165, 1.54) is 18.9 Å². The molecule has 2 heteroatoms. The summed E-state index contributed by atoms with van der Waals surface area (Å²) in [6, 6.07) is 0. The molecule has 1 aromatic heterocycles. The first-order valence-electron chi connectivity index (χ1n) is 5.87. The van der Waals surface area contributed by atoms with Gasteiger partial charge in [0, 0.05) is 18.9 Å². The molecule has 0 N–H and O–H groups in total. The fourth-order valence-electron chi connectivity index (χ4n) is 4.22. The molecular weight excluding hydrogens is 172 g/mol. The average molecular weight is 188 g/mol. The average Bonchev–Trinajstić information content (AvgIpc) is 2.62. The van der Waals surface area contributed by atoms with Gasteiger partial charge in [-0.1, -0.05) is 0 Å². The summed E-state index contributed by atoms with van der Waals surface area (Å²) in [6.07, 6.45) is 10.6. The van der Waals surface area contributed by atoms with Gasteiger partial charge in [-0.05, 0) is 48.9 Å². The maximum atomic E-state index is 4.12. The molecule has 0 aliphatic heterocycles. The summed E-state index contributed by atoms with van der Waals surface area (Å²) < 4.78 is 2.27. The number of aromatic nitrogens is 2. The van der Waals surface area contributed by atoms with Crippen LogP contribution in [0.15, 0.2) is 18.7 Å². The fraction of sp³-hybridized carbons (Fsp3) is 0.750. The first-order valence-corrected chi connectivity index (χ1v) is 5.87. The van der Waals surface area contributed by atoms with E-state index in [0.29, 0.717) is 0 Å². The summed E-state index contributed by atoms with van der Waals surface area (Å²) in [5, 5.41) is 0. The molecule has 0 amide bonds. The molecular formula is C12H16N2. The highest BCUT2D eigenvalue weighted by Crippen LogP contribution is 2.67. The maximum Gasteiger partial charge on any atom is 0.0945 e. The Bertz CT molecular complexity index is 343. The Morgan fingerprint density at radius 1 is 1.14 bits per heavy atom. The second kappa shape index (κ2) is 2.41. The van der Waals surface area contributed by atoms with Crippen molar-refractivity contribution in [3.8, 4) is 0 Å². The van der Waals surface area contributed by atoms with Crippen molar-refractivity contribution in [2.24, 2.45) is 29.6 Å². The van der Waals surface area contributed by atoms with Gasteiger partial charge in [0.15, 0.2) is 0 Å². The molecule has 1 aromatic rings. The third kappa shape index (κ3) is 0.891. The van der Waals surface area contributed by atoms with Crippen LogP contribution < -0.4 is 0 Å². The predicted octanol–water partition coefficient (Wildman–Crippen LogP) is 2.18. The smallest absolute Gasteiger partial charge is 0.0945 e. The van der Waals surface area contributed by atoms with E-state index in [-0.39, 0.29) is 0 Å². The fourth-order valence-corrected chi connectivity index (χ4v) is 4.22. The zero-order valence-corrected chi connectivity index (χ0v) is 8.34. The number of rotatable bonds is 2. The third-order valence-electron chi connectivity index (χ3n) is 4.84. The molecule has 0 aromatic carbocycles. The van der Waals surface area contributed by atoms with Gasteiger partial charge in [0.05, 0.1) is 6.33 Å². The number of hydrogen-bond donors (Lipinski definition) is 0. The monoisotopic (exact) mass is 188 g/mol. The molecule has 3 aliphatic rings. The zero-order chi connectivity index (χ0) is 9.12. The van der Waals surface area contributed by atoms with Gasteiger partial charge in [0.1, 0.15) is 0 Å². The van der Waals surface area contributed by atoms with Crippen molar-refractivity contribution in [3.05, 3.63) is 18.7 Å². The van der Waals surface area contributed by atoms with Gasteiger partial charge < -0.3 is 4.57 Å². The van der Waals surface area contributed by atoms with Crippen molar-refractivity contribution in [1.29, 1.82) is 0 Å². The largest absolute Gasteiger partial charge is 0.337 e. The first-order chi connectivity index (χ1) is 6.92. The molecule has 3 saturated carbocycles. The van der Waals surface area contributed by atoms with E-state index in [9.17, 15) is 0 Å². The second-order valence-corrected chi connectivity index (χ2v) is 5.48. The molecule has 5 atom stereocenters. The van der Waals surface area contributed by atoms with Gasteiger partial charge in [0.25, 0.3) is 0 Å². The van der Waals surface area contributed by atoms with Crippen molar-refractivity contribution in [2.75, 3.05) is 0 Å². The Balaban J connectivity index is 1.53. The topological polar surface area (TPSA) is 17.8 Å². The highest BCUT2D eigenvalue weighted by Gasteiger charge is 2.60. The number of imidazole rings is 1. The molecule has 14 heavy (non-hydrogen) atoms. The van der Waals surface area contributed by atoms with Gasteiger partial charge in [-0.25, -0.2) is 4.98 Å². The zero-order valence-electron chi connectivity index (χ0n) is 8.34. The maximum absolute atomic E-state index is 4.12. The van der Waals surface area contributed by atoms with Gasteiger partial charge in [-0.15, -0.1) is 0 Å². The van der Waals surface area contributed by atoms with Crippen LogP contribution in [0.3, 0.4) is 0 Å². The van der Waals surface area contributed by atoms with E-state index in [2.05, 4.69) is 15.7 Å². The molecule has 3 fully saturated rings. The Hall–Kier alpha value is -0.790. The minimum atomic E-state index is 0.970. The Kier molecular flexibility index (Phi) is 1.29. The van der Waals surface area contributed by atoms with Crippen LogP contribution in [-0.4, -0.2) is 9.55 Å².